The lowest BCUT2D eigenvalue weighted by atomic mass is 9.82. The molecule has 0 aromatic heterocycles. The van der Waals surface area contributed by atoms with E-state index in [1.54, 1.807) is 5.56 Å². The molecule has 0 unspecified atom stereocenters. The van der Waals surface area contributed by atoms with Crippen molar-refractivity contribution in [2.24, 2.45) is 0 Å². The number of rotatable bonds is 4. The highest BCUT2D eigenvalue weighted by molar-refractivity contribution is 6.14. The Morgan fingerprint density at radius 3 is 1.96 bits per heavy atom. The molecule has 0 amide bonds. The Kier molecular flexibility index (Phi) is 6.18. The van der Waals surface area contributed by atoms with Crippen LogP contribution in [0, 0.1) is 0 Å². The van der Waals surface area contributed by atoms with Crippen LogP contribution < -0.4 is 4.90 Å². The van der Waals surface area contributed by atoms with Crippen LogP contribution in [-0.2, 0) is 18.3 Å². The molecule has 7 aromatic carbocycles. The summed E-state index contributed by atoms with van der Waals surface area (Å²) >= 11 is 0. The van der Waals surface area contributed by atoms with E-state index >= 15 is 0 Å². The maximum absolute atomic E-state index is 2.48. The van der Waals surface area contributed by atoms with E-state index in [1.807, 2.05) is 0 Å². The summed E-state index contributed by atoms with van der Waals surface area (Å²) in [6, 6.07) is 52.1. The molecule has 0 saturated heterocycles. The molecule has 0 N–H and O–H groups in total. The molecule has 2 aliphatic carbocycles. The zero-order valence-corrected chi connectivity index (χ0v) is 26.6. The van der Waals surface area contributed by atoms with Gasteiger partial charge in [0.2, 0.25) is 0 Å². The van der Waals surface area contributed by atoms with Gasteiger partial charge in [-0.05, 0) is 134 Å². The van der Waals surface area contributed by atoms with Crippen LogP contribution in [0.3, 0.4) is 0 Å². The molecule has 0 spiro atoms. The van der Waals surface area contributed by atoms with Crippen LogP contribution in [0.5, 0.6) is 0 Å². The van der Waals surface area contributed by atoms with E-state index in [0.29, 0.717) is 0 Å². The van der Waals surface area contributed by atoms with E-state index in [-0.39, 0.29) is 5.41 Å². The number of benzene rings is 7. The van der Waals surface area contributed by atoms with Crippen molar-refractivity contribution in [2.75, 3.05) is 4.90 Å². The lowest BCUT2D eigenvalue weighted by molar-refractivity contribution is 0.660. The summed E-state index contributed by atoms with van der Waals surface area (Å²) in [5.41, 5.74) is 14.6. The van der Waals surface area contributed by atoms with Crippen molar-refractivity contribution in [3.05, 3.63) is 162 Å². The highest BCUT2D eigenvalue weighted by Crippen LogP contribution is 2.50. The fraction of sp³-hybridized carbons (Fsp3) is 0.156. The van der Waals surface area contributed by atoms with Crippen molar-refractivity contribution >= 4 is 38.6 Å². The van der Waals surface area contributed by atoms with Gasteiger partial charge in [-0.2, -0.15) is 0 Å². The number of nitrogens with zero attached hydrogens (tertiary/aromatic N) is 1. The van der Waals surface area contributed by atoms with Crippen LogP contribution in [0.2, 0.25) is 0 Å². The minimum atomic E-state index is -0.00837. The van der Waals surface area contributed by atoms with Crippen LogP contribution in [0.25, 0.3) is 43.8 Å². The SMILES string of the molecule is CC1(C)c2ccccc2-c2cc(N(c3ccccc3)c3ccc(-c4cc5c6c(ccc5c5ccccc45)CCCC6)cc3)ccc21. The Hall–Kier alpha value is -5.14. The Morgan fingerprint density at radius 1 is 0.457 bits per heavy atom. The molecule has 9 rings (SSSR count). The number of fused-ring (bicyclic) bond motifs is 8. The summed E-state index contributed by atoms with van der Waals surface area (Å²) in [5, 5.41) is 5.48. The van der Waals surface area contributed by atoms with Crippen LogP contribution in [0.4, 0.5) is 17.1 Å². The Labute approximate surface area is 271 Å². The second-order valence-corrected chi connectivity index (χ2v) is 13.6. The zero-order chi connectivity index (χ0) is 30.8. The minimum absolute atomic E-state index is 0.00837. The smallest absolute Gasteiger partial charge is 0.0468 e. The third-order valence-corrected chi connectivity index (χ3v) is 10.6. The molecule has 0 fully saturated rings. The second-order valence-electron chi connectivity index (χ2n) is 13.6. The first-order chi connectivity index (χ1) is 22.6. The van der Waals surface area contributed by atoms with Gasteiger partial charge in [0.15, 0.2) is 0 Å². The molecule has 0 saturated carbocycles. The van der Waals surface area contributed by atoms with E-state index in [1.165, 1.54) is 91.9 Å². The van der Waals surface area contributed by atoms with E-state index in [4.69, 9.17) is 0 Å². The van der Waals surface area contributed by atoms with E-state index in [2.05, 4.69) is 158 Å². The first kappa shape index (κ1) is 27.2. The predicted molar refractivity (Wildman–Crippen MR) is 196 cm³/mol. The molecule has 0 radical (unpaired) electrons. The first-order valence-corrected chi connectivity index (χ1v) is 16.7. The quantitative estimate of drug-likeness (QED) is 0.184. The number of anilines is 3. The molecule has 1 nitrogen and oxygen atoms in total. The Balaban J connectivity index is 1.18. The van der Waals surface area contributed by atoms with Crippen LogP contribution >= 0.6 is 0 Å². The van der Waals surface area contributed by atoms with Gasteiger partial charge >= 0.3 is 0 Å². The fourth-order valence-corrected chi connectivity index (χ4v) is 8.33. The van der Waals surface area contributed by atoms with Crippen molar-refractivity contribution in [3.8, 4) is 22.3 Å². The van der Waals surface area contributed by atoms with Gasteiger partial charge in [-0.3, -0.25) is 0 Å². The van der Waals surface area contributed by atoms with Gasteiger partial charge in [0.25, 0.3) is 0 Å². The molecule has 7 aromatic rings. The van der Waals surface area contributed by atoms with Gasteiger partial charge in [-0.15, -0.1) is 0 Å². The first-order valence-electron chi connectivity index (χ1n) is 16.7. The number of hydrogen-bond acceptors (Lipinski definition) is 1. The molecule has 1 heteroatoms. The highest BCUT2D eigenvalue weighted by atomic mass is 15.1. The average molecular weight is 592 g/mol. The van der Waals surface area contributed by atoms with Gasteiger partial charge in [0, 0.05) is 22.5 Å². The highest BCUT2D eigenvalue weighted by Gasteiger charge is 2.35. The topological polar surface area (TPSA) is 3.24 Å². The van der Waals surface area contributed by atoms with E-state index in [0.717, 1.165) is 11.4 Å². The van der Waals surface area contributed by atoms with Crippen molar-refractivity contribution in [2.45, 2.75) is 44.9 Å². The summed E-state index contributed by atoms with van der Waals surface area (Å²) in [7, 11) is 0. The van der Waals surface area contributed by atoms with Gasteiger partial charge in [0.1, 0.15) is 0 Å². The van der Waals surface area contributed by atoms with Gasteiger partial charge in [-0.1, -0.05) is 111 Å². The van der Waals surface area contributed by atoms with Crippen LogP contribution in [0.1, 0.15) is 48.9 Å². The monoisotopic (exact) mass is 591 g/mol. The largest absolute Gasteiger partial charge is 0.310 e. The number of aryl methyl sites for hydroxylation is 2. The number of para-hydroxylation sites is 1. The van der Waals surface area contributed by atoms with Gasteiger partial charge in [-0.25, -0.2) is 0 Å². The number of hydrogen-bond donors (Lipinski definition) is 0. The lowest BCUT2D eigenvalue weighted by Gasteiger charge is -2.27. The molecule has 46 heavy (non-hydrogen) atoms. The lowest BCUT2D eigenvalue weighted by Crippen LogP contribution is -2.15. The molecule has 0 atom stereocenters. The Morgan fingerprint density at radius 2 is 1.11 bits per heavy atom. The summed E-state index contributed by atoms with van der Waals surface area (Å²) in [6.07, 6.45) is 4.96. The summed E-state index contributed by atoms with van der Waals surface area (Å²) in [4.78, 5) is 2.40. The maximum Gasteiger partial charge on any atom is 0.0468 e. The Bertz CT molecular complexity index is 2270. The molecular formula is C45H37N. The predicted octanol–water partition coefficient (Wildman–Crippen LogP) is 12.3. The second kappa shape index (κ2) is 10.5. The van der Waals surface area contributed by atoms with Crippen LogP contribution in [-0.4, -0.2) is 0 Å². The molecule has 0 heterocycles. The summed E-state index contributed by atoms with van der Waals surface area (Å²) < 4.78 is 0. The minimum Gasteiger partial charge on any atom is -0.310 e. The standard InChI is InChI=1S/C45H37N/c1-45(2)43-19-11-10-18-39(43)42-28-34(25-27-44(42)45)46(32-13-4-3-5-14-32)33-23-20-31(21-24-33)40-29-41-35-15-7-6-12-30(35)22-26-38(41)36-16-8-9-17-37(36)40/h3-5,8-11,13-14,16-29H,6-7,12,15H2,1-2H3. The van der Waals surface area contributed by atoms with Crippen molar-refractivity contribution in [1.29, 1.82) is 0 Å². The van der Waals surface area contributed by atoms with Crippen molar-refractivity contribution in [3.63, 3.8) is 0 Å². The normalized spacial score (nSPS) is 14.6. The zero-order valence-electron chi connectivity index (χ0n) is 26.6. The average Bonchev–Trinajstić information content (AvgIpc) is 3.34. The van der Waals surface area contributed by atoms with Crippen molar-refractivity contribution < 1.29 is 0 Å². The molecule has 0 bridgehead atoms. The van der Waals surface area contributed by atoms with Crippen LogP contribution in [0.15, 0.2) is 140 Å². The molecule has 222 valence electrons. The molecular weight excluding hydrogens is 555 g/mol. The van der Waals surface area contributed by atoms with E-state index in [9.17, 15) is 0 Å². The van der Waals surface area contributed by atoms with E-state index < -0.39 is 0 Å². The molecule has 0 aliphatic heterocycles. The van der Waals surface area contributed by atoms with Gasteiger partial charge in [0.05, 0.1) is 0 Å². The third-order valence-electron chi connectivity index (χ3n) is 10.6. The van der Waals surface area contributed by atoms with Crippen molar-refractivity contribution in [1.82, 2.24) is 0 Å². The molecule has 2 aliphatic rings. The third kappa shape index (κ3) is 4.15. The summed E-state index contributed by atoms with van der Waals surface area (Å²) in [5.74, 6) is 0. The summed E-state index contributed by atoms with van der Waals surface area (Å²) in [6.45, 7) is 4.69. The van der Waals surface area contributed by atoms with Gasteiger partial charge < -0.3 is 4.90 Å². The fourth-order valence-electron chi connectivity index (χ4n) is 8.33. The maximum atomic E-state index is 2.48.